The smallest absolute Gasteiger partial charge is 0.390 e. The zero-order valence-corrected chi connectivity index (χ0v) is 10.9. The molecular formula is C13H8FN3O2S. The van der Waals surface area contributed by atoms with Crippen molar-refractivity contribution in [3.63, 3.8) is 0 Å². The summed E-state index contributed by atoms with van der Waals surface area (Å²) in [4.78, 5) is 17.8. The Balaban J connectivity index is 2.18. The number of aromatic amines is 1. The van der Waals surface area contributed by atoms with Crippen molar-refractivity contribution in [2.24, 2.45) is 0 Å². The van der Waals surface area contributed by atoms with Crippen molar-refractivity contribution in [2.45, 2.75) is 0 Å². The Morgan fingerprint density at radius 3 is 2.60 bits per heavy atom. The Labute approximate surface area is 116 Å². The monoisotopic (exact) mass is 289 g/mol. The molecule has 0 fully saturated rings. The van der Waals surface area contributed by atoms with Crippen LogP contribution in [-0.2, 0) is 0 Å². The maximum absolute atomic E-state index is 13.0. The zero-order valence-electron chi connectivity index (χ0n) is 10.0. The number of hydrogen-bond acceptors (Lipinski definition) is 4. The number of thiophene rings is 1. The molecule has 2 heterocycles. The van der Waals surface area contributed by atoms with Crippen molar-refractivity contribution in [2.75, 3.05) is 0 Å². The van der Waals surface area contributed by atoms with Crippen LogP contribution >= 0.6 is 11.3 Å². The first-order valence-electron chi connectivity index (χ1n) is 5.69. The van der Waals surface area contributed by atoms with Crippen LogP contribution in [0.1, 0.15) is 0 Å². The molecule has 1 N–H and O–H groups in total. The first-order chi connectivity index (χ1) is 9.65. The molecule has 0 aliphatic heterocycles. The van der Waals surface area contributed by atoms with E-state index in [0.29, 0.717) is 17.0 Å². The topological polar surface area (TPSA) is 71.8 Å². The molecule has 0 radical (unpaired) electrons. The van der Waals surface area contributed by atoms with E-state index in [9.17, 15) is 14.5 Å². The van der Waals surface area contributed by atoms with Gasteiger partial charge in [0.05, 0.1) is 4.88 Å². The van der Waals surface area contributed by atoms with Crippen LogP contribution in [0.15, 0.2) is 41.8 Å². The third-order valence-electron chi connectivity index (χ3n) is 2.75. The van der Waals surface area contributed by atoms with Gasteiger partial charge in [-0.05, 0) is 40.6 Å². The van der Waals surface area contributed by atoms with Gasteiger partial charge in [-0.25, -0.2) is 9.37 Å². The summed E-state index contributed by atoms with van der Waals surface area (Å²) in [5, 5.41) is 12.7. The van der Waals surface area contributed by atoms with Crippen molar-refractivity contribution >= 4 is 17.3 Å². The molecule has 1 aromatic carbocycles. The third-order valence-corrected chi connectivity index (χ3v) is 3.64. The SMILES string of the molecule is O=[N+]([O-])c1nc(-c2ccc(F)cc2)c(-c2cccs2)[nH]1. The Morgan fingerprint density at radius 2 is 2.00 bits per heavy atom. The number of nitro groups is 1. The molecular weight excluding hydrogens is 281 g/mol. The van der Waals surface area contributed by atoms with Crippen molar-refractivity contribution in [3.8, 4) is 21.8 Å². The highest BCUT2D eigenvalue weighted by Gasteiger charge is 2.23. The van der Waals surface area contributed by atoms with E-state index in [1.165, 1.54) is 23.5 Å². The summed E-state index contributed by atoms with van der Waals surface area (Å²) in [5.74, 6) is -0.691. The second kappa shape index (κ2) is 4.86. The van der Waals surface area contributed by atoms with E-state index in [-0.39, 0.29) is 11.8 Å². The average molecular weight is 289 g/mol. The first-order valence-corrected chi connectivity index (χ1v) is 6.57. The largest absolute Gasteiger partial charge is 0.433 e. The number of benzene rings is 1. The summed E-state index contributed by atoms with van der Waals surface area (Å²) in [6, 6.07) is 9.39. The van der Waals surface area contributed by atoms with E-state index in [0.717, 1.165) is 4.88 Å². The van der Waals surface area contributed by atoms with Crippen molar-refractivity contribution in [3.05, 3.63) is 57.7 Å². The van der Waals surface area contributed by atoms with E-state index >= 15 is 0 Å². The molecule has 7 heteroatoms. The summed E-state index contributed by atoms with van der Waals surface area (Å²) in [5.41, 5.74) is 1.64. The maximum Gasteiger partial charge on any atom is 0.433 e. The summed E-state index contributed by atoms with van der Waals surface area (Å²) in [6.45, 7) is 0. The van der Waals surface area contributed by atoms with Gasteiger partial charge in [-0.15, -0.1) is 11.3 Å². The highest BCUT2D eigenvalue weighted by molar-refractivity contribution is 7.13. The number of aromatic nitrogens is 2. The van der Waals surface area contributed by atoms with Crippen LogP contribution in [0.25, 0.3) is 21.8 Å². The number of hydrogen-bond donors (Lipinski definition) is 1. The summed E-state index contributed by atoms with van der Waals surface area (Å²) in [6.07, 6.45) is 0. The number of halogens is 1. The Morgan fingerprint density at radius 1 is 1.25 bits per heavy atom. The van der Waals surface area contributed by atoms with Gasteiger partial charge in [0.25, 0.3) is 0 Å². The molecule has 0 saturated heterocycles. The van der Waals surface area contributed by atoms with Crippen molar-refractivity contribution in [1.29, 1.82) is 0 Å². The molecule has 3 aromatic rings. The van der Waals surface area contributed by atoms with E-state index in [1.807, 2.05) is 17.5 Å². The number of H-pyrrole nitrogens is 1. The van der Waals surface area contributed by atoms with Gasteiger partial charge in [-0.3, -0.25) is 0 Å². The lowest BCUT2D eigenvalue weighted by Crippen LogP contribution is -1.89. The van der Waals surface area contributed by atoms with Gasteiger partial charge >= 0.3 is 5.95 Å². The summed E-state index contributed by atoms with van der Waals surface area (Å²) in [7, 11) is 0. The molecule has 3 rings (SSSR count). The lowest BCUT2D eigenvalue weighted by atomic mass is 10.1. The van der Waals surface area contributed by atoms with E-state index in [1.54, 1.807) is 12.1 Å². The quantitative estimate of drug-likeness (QED) is 0.588. The Hall–Kier alpha value is -2.54. The van der Waals surface area contributed by atoms with Crippen LogP contribution in [0.5, 0.6) is 0 Å². The predicted molar refractivity (Wildman–Crippen MR) is 73.9 cm³/mol. The Bertz CT molecular complexity index is 751. The van der Waals surface area contributed by atoms with Gasteiger partial charge in [0.15, 0.2) is 11.4 Å². The lowest BCUT2D eigenvalue weighted by molar-refractivity contribution is -0.393. The highest BCUT2D eigenvalue weighted by Crippen LogP contribution is 2.34. The van der Waals surface area contributed by atoms with Crippen LogP contribution in [-0.4, -0.2) is 14.9 Å². The minimum Gasteiger partial charge on any atom is -0.390 e. The number of nitrogens with zero attached hydrogens (tertiary/aromatic N) is 2. The standard InChI is InChI=1S/C13H8FN3O2S/c14-9-5-3-8(4-6-9)11-12(10-2-1-7-20-10)16-13(15-11)17(18)19/h1-7H,(H,15,16). The Kier molecular flexibility index (Phi) is 3.03. The molecule has 2 aromatic heterocycles. The van der Waals surface area contributed by atoms with Gasteiger partial charge < -0.3 is 10.1 Å². The first kappa shape index (κ1) is 12.5. The van der Waals surface area contributed by atoms with Gasteiger partial charge in [0.2, 0.25) is 0 Å². The van der Waals surface area contributed by atoms with Crippen LogP contribution in [0, 0.1) is 15.9 Å². The fourth-order valence-electron chi connectivity index (χ4n) is 1.86. The predicted octanol–water partition coefficient (Wildman–Crippen LogP) is 3.85. The summed E-state index contributed by atoms with van der Waals surface area (Å²) >= 11 is 1.45. The average Bonchev–Trinajstić information content (AvgIpc) is 3.08. The lowest BCUT2D eigenvalue weighted by Gasteiger charge is -1.96. The highest BCUT2D eigenvalue weighted by atomic mass is 32.1. The molecule has 0 amide bonds. The maximum atomic E-state index is 13.0. The molecule has 0 saturated carbocycles. The van der Waals surface area contributed by atoms with E-state index < -0.39 is 4.92 Å². The van der Waals surface area contributed by atoms with E-state index in [4.69, 9.17) is 0 Å². The van der Waals surface area contributed by atoms with Gasteiger partial charge in [0.1, 0.15) is 5.82 Å². The molecule has 0 aliphatic carbocycles. The van der Waals surface area contributed by atoms with Gasteiger partial charge in [0, 0.05) is 5.56 Å². The number of nitrogens with one attached hydrogen (secondary N) is 1. The van der Waals surface area contributed by atoms with Crippen LogP contribution in [0.2, 0.25) is 0 Å². The number of rotatable bonds is 3. The zero-order chi connectivity index (χ0) is 14.1. The van der Waals surface area contributed by atoms with Crippen LogP contribution in [0.4, 0.5) is 10.3 Å². The van der Waals surface area contributed by atoms with Gasteiger partial charge in [-0.1, -0.05) is 11.1 Å². The number of imidazole rings is 1. The molecule has 20 heavy (non-hydrogen) atoms. The molecule has 0 bridgehead atoms. The van der Waals surface area contributed by atoms with Crippen LogP contribution in [0.3, 0.4) is 0 Å². The van der Waals surface area contributed by atoms with Crippen LogP contribution < -0.4 is 0 Å². The molecule has 0 unspecified atom stereocenters. The normalized spacial score (nSPS) is 10.7. The minimum absolute atomic E-state index is 0.326. The molecule has 5 nitrogen and oxygen atoms in total. The second-order valence-corrected chi connectivity index (χ2v) is 4.97. The molecule has 0 spiro atoms. The van der Waals surface area contributed by atoms with E-state index in [2.05, 4.69) is 9.97 Å². The third kappa shape index (κ3) is 2.19. The summed E-state index contributed by atoms with van der Waals surface area (Å²) < 4.78 is 13.0. The molecule has 0 aliphatic rings. The second-order valence-electron chi connectivity index (χ2n) is 4.03. The molecule has 0 atom stereocenters. The fourth-order valence-corrected chi connectivity index (χ4v) is 2.59. The minimum atomic E-state index is -0.579. The van der Waals surface area contributed by atoms with Crippen molar-refractivity contribution < 1.29 is 9.31 Å². The van der Waals surface area contributed by atoms with Gasteiger partial charge in [-0.2, -0.15) is 0 Å². The fraction of sp³-hybridized carbons (Fsp3) is 0. The molecule has 100 valence electrons. The van der Waals surface area contributed by atoms with Crippen molar-refractivity contribution in [1.82, 2.24) is 9.97 Å².